The van der Waals surface area contributed by atoms with Gasteiger partial charge in [0.25, 0.3) is 0 Å². The molecule has 0 aliphatic carbocycles. The minimum atomic E-state index is 0.525. The minimum Gasteiger partial charge on any atom is -0.331 e. The molecule has 20 heavy (non-hydrogen) atoms. The number of aryl methyl sites for hydroxylation is 1. The monoisotopic (exact) mass is 291 g/mol. The molecule has 0 radical (unpaired) electrons. The lowest BCUT2D eigenvalue weighted by atomic mass is 10.00. The van der Waals surface area contributed by atoms with E-state index in [1.54, 1.807) is 0 Å². The fourth-order valence-corrected chi connectivity index (χ4v) is 3.01. The number of nitrogens with zero attached hydrogens (tertiary/aromatic N) is 1. The zero-order valence-corrected chi connectivity index (χ0v) is 13.7. The summed E-state index contributed by atoms with van der Waals surface area (Å²) in [5, 5.41) is 6.28. The molecule has 2 N–H and O–H groups in total. The summed E-state index contributed by atoms with van der Waals surface area (Å²) in [6.45, 7) is 8.74. The minimum absolute atomic E-state index is 0.525. The molecule has 0 unspecified atom stereocenters. The Balaban J connectivity index is 2.00. The van der Waals surface area contributed by atoms with Crippen molar-refractivity contribution in [2.45, 2.75) is 59.0 Å². The van der Waals surface area contributed by atoms with Crippen molar-refractivity contribution in [1.29, 1.82) is 0 Å². The number of thiocarbonyl (C=S) groups is 1. The van der Waals surface area contributed by atoms with Crippen molar-refractivity contribution in [3.05, 3.63) is 29.3 Å². The van der Waals surface area contributed by atoms with Gasteiger partial charge in [-0.15, -0.1) is 0 Å². The molecule has 0 saturated carbocycles. The second kappa shape index (κ2) is 6.55. The third-order valence-corrected chi connectivity index (χ3v) is 4.47. The highest BCUT2D eigenvalue weighted by molar-refractivity contribution is 7.80. The summed E-state index contributed by atoms with van der Waals surface area (Å²) in [5.74, 6) is 0. The summed E-state index contributed by atoms with van der Waals surface area (Å²) in [5.41, 5.74) is 6.97. The third-order valence-electron chi connectivity index (χ3n) is 4.28. The van der Waals surface area contributed by atoms with Crippen LogP contribution in [0.25, 0.3) is 0 Å². The van der Waals surface area contributed by atoms with Crippen molar-refractivity contribution < 1.29 is 0 Å². The smallest absolute Gasteiger partial charge is 0.185 e. The average Bonchev–Trinajstić information content (AvgIpc) is 2.39. The van der Waals surface area contributed by atoms with Crippen molar-refractivity contribution >= 4 is 23.0 Å². The molecular weight excluding hydrogens is 266 g/mol. The first-order valence-corrected chi connectivity index (χ1v) is 7.82. The maximum Gasteiger partial charge on any atom is 0.185 e. The fraction of sp³-hybridized carbons (Fsp3) is 0.562. The number of anilines is 1. The Hall–Kier alpha value is -1.13. The van der Waals surface area contributed by atoms with E-state index < -0.39 is 0 Å². The zero-order valence-electron chi connectivity index (χ0n) is 12.9. The Bertz CT molecular complexity index is 477. The highest BCUT2D eigenvalue weighted by atomic mass is 32.1. The van der Waals surface area contributed by atoms with Crippen LogP contribution in [0.5, 0.6) is 0 Å². The van der Waals surface area contributed by atoms with Crippen LogP contribution in [0.3, 0.4) is 0 Å². The quantitative estimate of drug-likeness (QED) is 0.811. The Labute approximate surface area is 127 Å². The van der Waals surface area contributed by atoms with Gasteiger partial charge in [0.2, 0.25) is 0 Å². The topological polar surface area (TPSA) is 27.3 Å². The van der Waals surface area contributed by atoms with Crippen molar-refractivity contribution in [3.63, 3.8) is 0 Å². The number of hydrogen-bond donors (Lipinski definition) is 2. The Morgan fingerprint density at radius 2 is 1.85 bits per heavy atom. The first kappa shape index (κ1) is 15.3. The van der Waals surface area contributed by atoms with Gasteiger partial charge in [-0.2, -0.15) is 0 Å². The summed E-state index contributed by atoms with van der Waals surface area (Å²) >= 11 is 5.46. The van der Waals surface area contributed by atoms with Crippen LogP contribution in [-0.4, -0.2) is 22.2 Å². The second-order valence-corrected chi connectivity index (χ2v) is 6.26. The second-order valence-electron chi connectivity index (χ2n) is 5.85. The molecule has 2 atom stereocenters. The van der Waals surface area contributed by atoms with E-state index in [2.05, 4.69) is 61.6 Å². The molecule has 1 aromatic carbocycles. The van der Waals surface area contributed by atoms with E-state index in [-0.39, 0.29) is 0 Å². The van der Waals surface area contributed by atoms with Gasteiger partial charge in [-0.1, -0.05) is 18.6 Å². The van der Waals surface area contributed by atoms with E-state index in [0.29, 0.717) is 17.2 Å². The van der Waals surface area contributed by atoms with Crippen LogP contribution in [0.2, 0.25) is 0 Å². The Kier molecular flexibility index (Phi) is 5.00. The van der Waals surface area contributed by atoms with Crippen molar-refractivity contribution in [2.24, 2.45) is 0 Å². The van der Waals surface area contributed by atoms with Gasteiger partial charge in [0, 0.05) is 17.8 Å². The Morgan fingerprint density at radius 3 is 2.50 bits per heavy atom. The first-order chi connectivity index (χ1) is 9.49. The van der Waals surface area contributed by atoms with Gasteiger partial charge in [-0.05, 0) is 69.9 Å². The summed E-state index contributed by atoms with van der Waals surface area (Å²) < 4.78 is 0. The van der Waals surface area contributed by atoms with Crippen LogP contribution in [0, 0.1) is 13.8 Å². The van der Waals surface area contributed by atoms with Gasteiger partial charge >= 0.3 is 0 Å². The molecule has 0 spiro atoms. The molecule has 2 rings (SSSR count). The molecule has 1 fully saturated rings. The van der Waals surface area contributed by atoms with Crippen molar-refractivity contribution in [1.82, 2.24) is 10.4 Å². The van der Waals surface area contributed by atoms with Crippen molar-refractivity contribution in [2.75, 3.05) is 5.32 Å². The third kappa shape index (κ3) is 3.49. The molecule has 3 nitrogen and oxygen atoms in total. The number of hydrogen-bond acceptors (Lipinski definition) is 2. The average molecular weight is 291 g/mol. The predicted octanol–water partition coefficient (Wildman–Crippen LogP) is 3.77. The predicted molar refractivity (Wildman–Crippen MR) is 89.9 cm³/mol. The number of benzene rings is 1. The lowest BCUT2D eigenvalue weighted by Crippen LogP contribution is -2.55. The number of piperidine rings is 1. The molecule has 1 aliphatic heterocycles. The van der Waals surface area contributed by atoms with Crippen LogP contribution in [-0.2, 0) is 0 Å². The van der Waals surface area contributed by atoms with Gasteiger partial charge in [0.1, 0.15) is 0 Å². The molecule has 0 amide bonds. The first-order valence-electron chi connectivity index (χ1n) is 7.41. The summed E-state index contributed by atoms with van der Waals surface area (Å²) in [7, 11) is 0. The number of hydrazine groups is 1. The highest BCUT2D eigenvalue weighted by Gasteiger charge is 2.25. The number of rotatable bonds is 2. The van der Waals surface area contributed by atoms with Gasteiger partial charge in [0.05, 0.1) is 0 Å². The lowest BCUT2D eigenvalue weighted by Gasteiger charge is -2.39. The van der Waals surface area contributed by atoms with E-state index in [1.165, 1.54) is 30.4 Å². The van der Waals surface area contributed by atoms with Crippen LogP contribution in [0.1, 0.15) is 44.2 Å². The van der Waals surface area contributed by atoms with Gasteiger partial charge in [-0.3, -0.25) is 5.43 Å². The highest BCUT2D eigenvalue weighted by Crippen LogP contribution is 2.21. The summed E-state index contributed by atoms with van der Waals surface area (Å²) in [6.07, 6.45) is 3.75. The van der Waals surface area contributed by atoms with Crippen molar-refractivity contribution in [3.8, 4) is 0 Å². The van der Waals surface area contributed by atoms with Gasteiger partial charge < -0.3 is 5.32 Å². The van der Waals surface area contributed by atoms with E-state index >= 15 is 0 Å². The maximum atomic E-state index is 5.46. The van der Waals surface area contributed by atoms with E-state index in [1.807, 2.05) is 0 Å². The zero-order chi connectivity index (χ0) is 14.7. The normalized spacial score (nSPS) is 23.4. The van der Waals surface area contributed by atoms with E-state index in [4.69, 9.17) is 12.2 Å². The molecular formula is C16H25N3S. The standard InChI is InChI=1S/C16H25N3S/c1-11-7-5-10-15(14(11)4)17-16(20)18-19-12(2)8-6-9-13(19)3/h5,7,10,12-13H,6,8-9H2,1-4H3,(H2,17,18,20)/t12-,13-/m1/s1. The van der Waals surface area contributed by atoms with Crippen LogP contribution in [0.4, 0.5) is 5.69 Å². The molecule has 1 aromatic rings. The maximum absolute atomic E-state index is 5.46. The van der Waals surface area contributed by atoms with Gasteiger partial charge in [-0.25, -0.2) is 5.01 Å². The summed E-state index contributed by atoms with van der Waals surface area (Å²) in [4.78, 5) is 0. The van der Waals surface area contributed by atoms with Crippen LogP contribution in [0.15, 0.2) is 18.2 Å². The molecule has 0 bridgehead atoms. The molecule has 0 aromatic heterocycles. The summed E-state index contributed by atoms with van der Waals surface area (Å²) in [6, 6.07) is 7.29. The molecule has 4 heteroatoms. The van der Waals surface area contributed by atoms with Crippen LogP contribution >= 0.6 is 12.2 Å². The van der Waals surface area contributed by atoms with E-state index in [9.17, 15) is 0 Å². The SMILES string of the molecule is Cc1cccc(NC(=S)NN2[C@H](C)CCC[C@H]2C)c1C. The molecule has 1 heterocycles. The van der Waals surface area contributed by atoms with Gasteiger partial charge in [0.15, 0.2) is 5.11 Å². The van der Waals surface area contributed by atoms with Crippen LogP contribution < -0.4 is 10.7 Å². The van der Waals surface area contributed by atoms with E-state index in [0.717, 1.165) is 5.69 Å². The largest absolute Gasteiger partial charge is 0.331 e. The molecule has 1 aliphatic rings. The molecule has 110 valence electrons. The lowest BCUT2D eigenvalue weighted by molar-refractivity contribution is 0.0750. The fourth-order valence-electron chi connectivity index (χ4n) is 2.80. The number of nitrogens with one attached hydrogen (secondary N) is 2. The Morgan fingerprint density at radius 1 is 1.20 bits per heavy atom. The molecule has 1 saturated heterocycles.